The third kappa shape index (κ3) is 5.23. The van der Waals surface area contributed by atoms with Gasteiger partial charge in [0.15, 0.2) is 0 Å². The fourth-order valence-electron chi connectivity index (χ4n) is 1.99. The van der Waals surface area contributed by atoms with Crippen molar-refractivity contribution in [3.05, 3.63) is 48.8 Å². The highest BCUT2D eigenvalue weighted by molar-refractivity contribution is 7.94. The van der Waals surface area contributed by atoms with E-state index in [1.807, 2.05) is 0 Å². The van der Waals surface area contributed by atoms with Gasteiger partial charge in [0.05, 0.1) is 12.3 Å². The molecule has 0 atom stereocenters. The second-order valence-electron chi connectivity index (χ2n) is 4.88. The van der Waals surface area contributed by atoms with Crippen molar-refractivity contribution in [3.8, 4) is 0 Å². The number of benzene rings is 1. The van der Waals surface area contributed by atoms with Gasteiger partial charge >= 0.3 is 0 Å². The number of nitrogens with one attached hydrogen (secondary N) is 2. The van der Waals surface area contributed by atoms with E-state index in [0.29, 0.717) is 6.61 Å². The highest BCUT2D eigenvalue weighted by Gasteiger charge is 2.26. The second kappa shape index (κ2) is 8.39. The van der Waals surface area contributed by atoms with Crippen molar-refractivity contribution in [2.24, 2.45) is 0 Å². The van der Waals surface area contributed by atoms with Crippen LogP contribution in [-0.2, 0) is 24.8 Å². The van der Waals surface area contributed by atoms with Crippen LogP contribution in [0.2, 0.25) is 0 Å². The lowest BCUT2D eigenvalue weighted by Crippen LogP contribution is -2.29. The first-order chi connectivity index (χ1) is 11.9. The van der Waals surface area contributed by atoms with Crippen LogP contribution in [0.1, 0.15) is 6.92 Å². The third-order valence-electron chi connectivity index (χ3n) is 3.10. The molecule has 10 heteroatoms. The first-order valence-electron chi connectivity index (χ1n) is 7.46. The molecular weight excluding hydrogens is 366 g/mol. The summed E-state index contributed by atoms with van der Waals surface area (Å²) in [6.07, 6.45) is 2.85. The molecule has 0 aliphatic rings. The molecule has 1 heterocycles. The van der Waals surface area contributed by atoms with E-state index in [1.165, 1.54) is 48.8 Å². The molecule has 136 valence electrons. The van der Waals surface area contributed by atoms with E-state index >= 15 is 0 Å². The maximum Gasteiger partial charge on any atom is 0.263 e. The lowest BCUT2D eigenvalue weighted by Gasteiger charge is -2.13. The van der Waals surface area contributed by atoms with Gasteiger partial charge < -0.3 is 4.74 Å². The summed E-state index contributed by atoms with van der Waals surface area (Å²) in [5, 5.41) is 0. The summed E-state index contributed by atoms with van der Waals surface area (Å²) < 4.78 is 59.8. The molecule has 2 N–H and O–H groups in total. The molecule has 0 amide bonds. The summed E-state index contributed by atoms with van der Waals surface area (Å²) in [4.78, 5) is 3.14. The summed E-state index contributed by atoms with van der Waals surface area (Å²) in [6.45, 7) is 2.49. The summed E-state index contributed by atoms with van der Waals surface area (Å²) in [5.41, 5.74) is 0.284. The van der Waals surface area contributed by atoms with Crippen LogP contribution in [0.25, 0.3) is 0 Å². The van der Waals surface area contributed by atoms with Gasteiger partial charge in [0.25, 0.3) is 10.0 Å². The smallest absolute Gasteiger partial charge is 0.263 e. The van der Waals surface area contributed by atoms with Gasteiger partial charge in [-0.25, -0.2) is 21.6 Å². The van der Waals surface area contributed by atoms with Crippen LogP contribution in [0, 0.1) is 0 Å². The number of aromatic nitrogens is 1. The monoisotopic (exact) mass is 385 g/mol. The van der Waals surface area contributed by atoms with Crippen molar-refractivity contribution in [3.63, 3.8) is 0 Å². The van der Waals surface area contributed by atoms with Gasteiger partial charge in [0.1, 0.15) is 9.79 Å². The van der Waals surface area contributed by atoms with E-state index in [9.17, 15) is 16.8 Å². The van der Waals surface area contributed by atoms with Crippen molar-refractivity contribution in [2.45, 2.75) is 16.7 Å². The zero-order valence-electron chi connectivity index (χ0n) is 13.5. The van der Waals surface area contributed by atoms with Gasteiger partial charge in [-0.3, -0.25) is 9.71 Å². The molecule has 1 aromatic heterocycles. The van der Waals surface area contributed by atoms with E-state index in [0.717, 1.165) is 0 Å². The summed E-state index contributed by atoms with van der Waals surface area (Å²) in [6, 6.07) is 8.33. The van der Waals surface area contributed by atoms with Gasteiger partial charge in [-0.1, -0.05) is 12.1 Å². The van der Waals surface area contributed by atoms with Gasteiger partial charge in [0.2, 0.25) is 10.0 Å². The minimum atomic E-state index is -4.09. The first kappa shape index (κ1) is 19.3. The Bertz CT molecular complexity index is 900. The lowest BCUT2D eigenvalue weighted by atomic mass is 10.4. The van der Waals surface area contributed by atoms with E-state index in [-0.39, 0.29) is 28.6 Å². The average Bonchev–Trinajstić information content (AvgIpc) is 2.59. The Labute approximate surface area is 147 Å². The van der Waals surface area contributed by atoms with Crippen molar-refractivity contribution in [1.29, 1.82) is 0 Å². The predicted octanol–water partition coefficient (Wildman–Crippen LogP) is 1.20. The Morgan fingerprint density at radius 1 is 0.960 bits per heavy atom. The van der Waals surface area contributed by atoms with Gasteiger partial charge in [0, 0.05) is 25.5 Å². The van der Waals surface area contributed by atoms with Crippen LogP contribution in [0.4, 0.5) is 5.69 Å². The molecule has 2 aromatic rings. The molecular formula is C15H19N3O5S2. The van der Waals surface area contributed by atoms with E-state index in [4.69, 9.17) is 4.74 Å². The number of sulfonamides is 2. The van der Waals surface area contributed by atoms with Crippen molar-refractivity contribution < 1.29 is 21.6 Å². The van der Waals surface area contributed by atoms with Gasteiger partial charge in [-0.2, -0.15) is 0 Å². The normalized spacial score (nSPS) is 12.0. The van der Waals surface area contributed by atoms with Crippen LogP contribution in [0.3, 0.4) is 0 Å². The number of pyridine rings is 1. The minimum Gasteiger partial charge on any atom is -0.380 e. The van der Waals surface area contributed by atoms with Crippen molar-refractivity contribution in [1.82, 2.24) is 9.71 Å². The Kier molecular flexibility index (Phi) is 6.48. The molecule has 8 nitrogen and oxygen atoms in total. The Balaban J connectivity index is 2.31. The molecule has 2 rings (SSSR count). The molecule has 0 saturated heterocycles. The number of rotatable bonds is 9. The molecule has 1 aromatic carbocycles. The van der Waals surface area contributed by atoms with E-state index in [2.05, 4.69) is 14.4 Å². The zero-order valence-corrected chi connectivity index (χ0v) is 15.2. The molecule has 0 spiro atoms. The maximum atomic E-state index is 12.6. The van der Waals surface area contributed by atoms with E-state index < -0.39 is 20.0 Å². The third-order valence-corrected chi connectivity index (χ3v) is 6.19. The summed E-state index contributed by atoms with van der Waals surface area (Å²) in [7, 11) is -8.10. The molecule has 0 fully saturated rings. The van der Waals surface area contributed by atoms with Crippen LogP contribution in [0.15, 0.2) is 58.6 Å². The fourth-order valence-corrected chi connectivity index (χ4v) is 4.90. The van der Waals surface area contributed by atoms with Crippen molar-refractivity contribution in [2.75, 3.05) is 24.5 Å². The van der Waals surface area contributed by atoms with Crippen LogP contribution in [-0.4, -0.2) is 41.6 Å². The number of hydrogen-bond acceptors (Lipinski definition) is 6. The fraction of sp³-hybridized carbons (Fsp3) is 0.267. The summed E-state index contributed by atoms with van der Waals surface area (Å²) in [5.74, 6) is 0. The predicted molar refractivity (Wildman–Crippen MR) is 93.2 cm³/mol. The average molecular weight is 385 g/mol. The van der Waals surface area contributed by atoms with E-state index in [1.54, 1.807) is 6.92 Å². The molecule has 0 unspecified atom stereocenters. The van der Waals surface area contributed by atoms with Crippen LogP contribution in [0.5, 0.6) is 0 Å². The molecule has 0 radical (unpaired) electrons. The Morgan fingerprint density at radius 2 is 1.56 bits per heavy atom. The number of anilines is 1. The SMILES string of the molecule is CCOCCNS(=O)(=O)c1ccccc1S(=O)(=O)Nc1ccncc1. The first-order valence-corrected chi connectivity index (χ1v) is 10.4. The number of nitrogens with zero attached hydrogens (tertiary/aromatic N) is 1. The Hall–Kier alpha value is -2.01. The van der Waals surface area contributed by atoms with Crippen LogP contribution < -0.4 is 9.44 Å². The molecule has 0 aliphatic heterocycles. The molecule has 0 bridgehead atoms. The molecule has 0 aliphatic carbocycles. The lowest BCUT2D eigenvalue weighted by molar-refractivity contribution is 0.153. The quantitative estimate of drug-likeness (QED) is 0.627. The molecule has 0 saturated carbocycles. The second-order valence-corrected chi connectivity index (χ2v) is 8.27. The highest BCUT2D eigenvalue weighted by atomic mass is 32.2. The topological polar surface area (TPSA) is 114 Å². The highest BCUT2D eigenvalue weighted by Crippen LogP contribution is 2.23. The number of hydrogen-bond donors (Lipinski definition) is 2. The number of ether oxygens (including phenoxy) is 1. The van der Waals surface area contributed by atoms with Crippen LogP contribution >= 0.6 is 0 Å². The zero-order chi connectivity index (χ0) is 18.3. The molecule has 25 heavy (non-hydrogen) atoms. The summed E-state index contributed by atoms with van der Waals surface area (Å²) >= 11 is 0. The standard InChI is InChI=1S/C15H19N3O5S2/c1-2-23-12-11-17-24(19,20)14-5-3-4-6-15(14)25(21,22)18-13-7-9-16-10-8-13/h3-10,17H,2,11-12H2,1H3,(H,16,18). The largest absolute Gasteiger partial charge is 0.380 e. The van der Waals surface area contributed by atoms with Crippen molar-refractivity contribution >= 4 is 25.7 Å². The van der Waals surface area contributed by atoms with Gasteiger partial charge in [-0.15, -0.1) is 0 Å². The van der Waals surface area contributed by atoms with Gasteiger partial charge in [-0.05, 0) is 31.2 Å². The minimum absolute atomic E-state index is 0.0440. The Morgan fingerprint density at radius 3 is 2.16 bits per heavy atom. The maximum absolute atomic E-state index is 12.6.